The summed E-state index contributed by atoms with van der Waals surface area (Å²) in [4.78, 5) is 33.7. The summed E-state index contributed by atoms with van der Waals surface area (Å²) in [5.41, 5.74) is 13.9. The van der Waals surface area contributed by atoms with Crippen molar-refractivity contribution in [3.05, 3.63) is 41.5 Å². The Morgan fingerprint density at radius 3 is 2.60 bits per heavy atom. The zero-order chi connectivity index (χ0) is 24.8. The van der Waals surface area contributed by atoms with Gasteiger partial charge in [0.2, 0.25) is 5.88 Å². The molecular weight excluding hydrogens is 448 g/mol. The number of hydrogen-bond acceptors (Lipinski definition) is 8. The first-order valence-electron chi connectivity index (χ1n) is 12.2. The summed E-state index contributed by atoms with van der Waals surface area (Å²) in [6, 6.07) is 9.02. The van der Waals surface area contributed by atoms with Crippen LogP contribution < -0.4 is 26.4 Å². The number of nitrogens with one attached hydrogen (secondary N) is 1. The maximum absolute atomic E-state index is 12.8. The van der Waals surface area contributed by atoms with Crippen LogP contribution in [0.2, 0.25) is 0 Å². The quantitative estimate of drug-likeness (QED) is 0.520. The molecule has 1 atom stereocenters. The van der Waals surface area contributed by atoms with Gasteiger partial charge in [0.1, 0.15) is 11.4 Å². The molecular formula is C25H34N6O4. The minimum atomic E-state index is -0.632. The second kappa shape index (κ2) is 11.4. The fraction of sp³-hybridized carbons (Fsp3) is 0.480. The van der Waals surface area contributed by atoms with E-state index in [9.17, 15) is 9.59 Å². The van der Waals surface area contributed by atoms with Crippen LogP contribution in [0.4, 0.5) is 17.2 Å². The monoisotopic (exact) mass is 482 g/mol. The van der Waals surface area contributed by atoms with E-state index in [1.54, 1.807) is 17.0 Å². The number of aromatic nitrogens is 1. The number of piperidine rings is 1. The van der Waals surface area contributed by atoms with E-state index < -0.39 is 5.91 Å². The lowest BCUT2D eigenvalue weighted by molar-refractivity contribution is 0.0303. The highest BCUT2D eigenvalue weighted by Crippen LogP contribution is 2.33. The Kier molecular flexibility index (Phi) is 8.04. The van der Waals surface area contributed by atoms with E-state index in [1.807, 2.05) is 25.1 Å². The lowest BCUT2D eigenvalue weighted by Gasteiger charge is -2.32. The Balaban J connectivity index is 1.62. The third-order valence-electron chi connectivity index (χ3n) is 6.15. The third kappa shape index (κ3) is 6.01. The molecule has 1 aromatic carbocycles. The average Bonchev–Trinajstić information content (AvgIpc) is 2.87. The molecule has 10 nitrogen and oxygen atoms in total. The first kappa shape index (κ1) is 24.7. The summed E-state index contributed by atoms with van der Waals surface area (Å²) in [6.07, 6.45) is 2.70. The van der Waals surface area contributed by atoms with E-state index in [1.165, 1.54) is 0 Å². The minimum absolute atomic E-state index is 0.0273. The van der Waals surface area contributed by atoms with Crippen molar-refractivity contribution in [2.45, 2.75) is 32.2 Å². The van der Waals surface area contributed by atoms with Gasteiger partial charge in [0.25, 0.3) is 11.8 Å². The lowest BCUT2D eigenvalue weighted by Crippen LogP contribution is -2.43. The number of hydrogen-bond donors (Lipinski definition) is 3. The molecule has 2 fully saturated rings. The summed E-state index contributed by atoms with van der Waals surface area (Å²) in [7, 11) is 0. The normalized spacial score (nSPS) is 18.3. The number of benzene rings is 1. The molecule has 4 rings (SSSR count). The molecule has 188 valence electrons. The van der Waals surface area contributed by atoms with E-state index >= 15 is 0 Å². The lowest BCUT2D eigenvalue weighted by atomic mass is 10.1. The van der Waals surface area contributed by atoms with Crippen LogP contribution in [0.15, 0.2) is 30.3 Å². The van der Waals surface area contributed by atoms with Crippen LogP contribution in [-0.4, -0.2) is 73.7 Å². The minimum Gasteiger partial charge on any atom is -0.477 e. The molecule has 0 bridgehead atoms. The van der Waals surface area contributed by atoms with Crippen LogP contribution in [-0.2, 0) is 4.74 Å². The Labute approximate surface area is 205 Å². The molecule has 5 N–H and O–H groups in total. The van der Waals surface area contributed by atoms with E-state index in [0.29, 0.717) is 62.2 Å². The molecule has 0 saturated carbocycles. The number of pyridine rings is 1. The zero-order valence-corrected chi connectivity index (χ0v) is 20.2. The van der Waals surface area contributed by atoms with E-state index in [-0.39, 0.29) is 23.4 Å². The number of nitrogens with two attached hydrogens (primary N) is 2. The molecule has 2 saturated heterocycles. The van der Waals surface area contributed by atoms with Crippen LogP contribution in [0.25, 0.3) is 0 Å². The number of nitrogens with zero attached hydrogens (tertiary/aromatic N) is 3. The second-order valence-electron chi connectivity index (χ2n) is 8.88. The molecule has 1 unspecified atom stereocenters. The summed E-state index contributed by atoms with van der Waals surface area (Å²) in [6.45, 7) is 6.16. The molecule has 2 aliphatic heterocycles. The van der Waals surface area contributed by atoms with Crippen LogP contribution in [0, 0.1) is 0 Å². The Bertz CT molecular complexity index is 1040. The Hall–Kier alpha value is -3.37. The third-order valence-corrected chi connectivity index (χ3v) is 6.15. The van der Waals surface area contributed by atoms with E-state index in [0.717, 1.165) is 25.8 Å². The van der Waals surface area contributed by atoms with Gasteiger partial charge in [-0.05, 0) is 43.5 Å². The average molecular weight is 483 g/mol. The number of anilines is 3. The van der Waals surface area contributed by atoms with Gasteiger partial charge in [0.15, 0.2) is 0 Å². The van der Waals surface area contributed by atoms with Crippen molar-refractivity contribution >= 4 is 29.0 Å². The Morgan fingerprint density at radius 1 is 1.20 bits per heavy atom. The molecule has 0 radical (unpaired) electrons. The van der Waals surface area contributed by atoms with E-state index in [4.69, 9.17) is 20.9 Å². The summed E-state index contributed by atoms with van der Waals surface area (Å²) < 4.78 is 11.2. The van der Waals surface area contributed by atoms with Gasteiger partial charge in [-0.25, -0.2) is 0 Å². The maximum atomic E-state index is 12.8. The summed E-state index contributed by atoms with van der Waals surface area (Å²) >= 11 is 0. The van der Waals surface area contributed by atoms with Crippen molar-refractivity contribution < 1.29 is 19.1 Å². The first-order valence-corrected chi connectivity index (χ1v) is 12.2. The van der Waals surface area contributed by atoms with Crippen molar-refractivity contribution in [1.29, 1.82) is 0 Å². The van der Waals surface area contributed by atoms with Gasteiger partial charge < -0.3 is 36.1 Å². The predicted octanol–water partition coefficient (Wildman–Crippen LogP) is 2.11. The summed E-state index contributed by atoms with van der Waals surface area (Å²) in [5, 5.41) is 3.28. The number of morpholine rings is 1. The van der Waals surface area contributed by atoms with Gasteiger partial charge >= 0.3 is 0 Å². The number of carbonyl (C=O) groups excluding carboxylic acids is 2. The molecule has 2 aromatic rings. The van der Waals surface area contributed by atoms with Gasteiger partial charge in [0, 0.05) is 49.5 Å². The molecule has 0 aliphatic carbocycles. The molecule has 2 amide bonds. The SMILES string of the molecule is CCCOc1nc(N2CCCC(N)C2)cc(Nc2ccc(C(=O)N3CCOCC3)cc2)c1C(N)=O. The number of carbonyl (C=O) groups is 2. The van der Waals surface area contributed by atoms with E-state index in [2.05, 4.69) is 15.2 Å². The first-order chi connectivity index (χ1) is 17.0. The number of rotatable bonds is 8. The smallest absolute Gasteiger partial charge is 0.256 e. The topological polar surface area (TPSA) is 136 Å². The van der Waals surface area contributed by atoms with Gasteiger partial charge in [-0.3, -0.25) is 9.59 Å². The van der Waals surface area contributed by atoms with Gasteiger partial charge in [0.05, 0.1) is 25.5 Å². The van der Waals surface area contributed by atoms with Gasteiger partial charge in [-0.2, -0.15) is 4.98 Å². The maximum Gasteiger partial charge on any atom is 0.256 e. The fourth-order valence-corrected chi connectivity index (χ4v) is 4.33. The van der Waals surface area contributed by atoms with Gasteiger partial charge in [-0.1, -0.05) is 6.92 Å². The standard InChI is InChI=1S/C25H34N6O4/c1-2-12-35-24-22(23(27)32)20(15-21(29-24)31-9-3-4-18(26)16-31)28-19-7-5-17(6-8-19)25(33)30-10-13-34-14-11-30/h5-8,15,18H,2-4,9-14,16,26H2,1H3,(H2,27,32)(H,28,29). The second-order valence-corrected chi connectivity index (χ2v) is 8.88. The fourth-order valence-electron chi connectivity index (χ4n) is 4.33. The highest BCUT2D eigenvalue weighted by molar-refractivity contribution is 6.02. The van der Waals surface area contributed by atoms with Crippen molar-refractivity contribution in [1.82, 2.24) is 9.88 Å². The van der Waals surface area contributed by atoms with Crippen molar-refractivity contribution in [2.24, 2.45) is 11.5 Å². The molecule has 35 heavy (non-hydrogen) atoms. The summed E-state index contributed by atoms with van der Waals surface area (Å²) in [5.74, 6) is 0.225. The molecule has 1 aromatic heterocycles. The Morgan fingerprint density at radius 2 is 1.94 bits per heavy atom. The van der Waals surface area contributed by atoms with Crippen LogP contribution in [0.1, 0.15) is 46.9 Å². The molecule has 0 spiro atoms. The van der Waals surface area contributed by atoms with Crippen molar-refractivity contribution in [2.75, 3.05) is 56.2 Å². The van der Waals surface area contributed by atoms with Crippen molar-refractivity contribution in [3.8, 4) is 5.88 Å². The highest BCUT2D eigenvalue weighted by atomic mass is 16.5. The largest absolute Gasteiger partial charge is 0.477 e. The highest BCUT2D eigenvalue weighted by Gasteiger charge is 2.24. The number of ether oxygens (including phenoxy) is 2. The van der Waals surface area contributed by atoms with Crippen molar-refractivity contribution in [3.63, 3.8) is 0 Å². The van der Waals surface area contributed by atoms with Gasteiger partial charge in [-0.15, -0.1) is 0 Å². The predicted molar refractivity (Wildman–Crippen MR) is 134 cm³/mol. The van der Waals surface area contributed by atoms with Crippen LogP contribution >= 0.6 is 0 Å². The van der Waals surface area contributed by atoms with Crippen LogP contribution in [0.5, 0.6) is 5.88 Å². The van der Waals surface area contributed by atoms with Crippen LogP contribution in [0.3, 0.4) is 0 Å². The molecule has 3 heterocycles. The molecule has 10 heteroatoms. The number of amides is 2. The molecule has 2 aliphatic rings. The zero-order valence-electron chi connectivity index (χ0n) is 20.2. The number of primary amides is 1.